The largest absolute Gasteiger partial charge is 0.365 e. The molecule has 4 nitrogen and oxygen atoms in total. The van der Waals surface area contributed by atoms with Crippen molar-refractivity contribution in [2.24, 2.45) is 7.05 Å². The number of nitrogens with zero attached hydrogens (tertiary/aromatic N) is 3. The molecule has 1 aromatic carbocycles. The predicted octanol–water partition coefficient (Wildman–Crippen LogP) is 2.97. The maximum Gasteiger partial charge on any atom is 0.166 e. The average molecular weight is 290 g/mol. The van der Waals surface area contributed by atoms with Crippen LogP contribution in [0.4, 0.5) is 5.69 Å². The number of carbonyl (C=O) groups excluding carboxylic acids is 1. The predicted molar refractivity (Wildman–Crippen MR) is 79.4 cm³/mol. The molecular formula is C15H16ClN3O. The average Bonchev–Trinajstić information content (AvgIpc) is 2.68. The van der Waals surface area contributed by atoms with Crippen LogP contribution in [-0.4, -0.2) is 22.1 Å². The molecule has 5 heteroatoms. The number of aromatic nitrogens is 2. The Bertz CT molecular complexity index is 678. The summed E-state index contributed by atoms with van der Waals surface area (Å²) in [6, 6.07) is 7.74. The van der Waals surface area contributed by atoms with E-state index in [4.69, 9.17) is 11.6 Å². The van der Waals surface area contributed by atoms with Crippen LogP contribution in [0.3, 0.4) is 0 Å². The number of para-hydroxylation sites is 1. The van der Waals surface area contributed by atoms with Gasteiger partial charge in [-0.1, -0.05) is 23.7 Å². The lowest BCUT2D eigenvalue weighted by Crippen LogP contribution is -2.32. The zero-order chi connectivity index (χ0) is 14.3. The van der Waals surface area contributed by atoms with E-state index in [0.717, 1.165) is 29.2 Å². The van der Waals surface area contributed by atoms with Gasteiger partial charge in [0.15, 0.2) is 5.78 Å². The third kappa shape index (κ3) is 2.10. The number of Topliss-reactive ketones (excluding diaryl/α,β-unsaturated/α-hetero) is 1. The van der Waals surface area contributed by atoms with Crippen molar-refractivity contribution in [2.45, 2.75) is 19.9 Å². The molecule has 0 radical (unpaired) electrons. The van der Waals surface area contributed by atoms with Gasteiger partial charge in [-0.05, 0) is 19.1 Å². The van der Waals surface area contributed by atoms with Gasteiger partial charge in [0.05, 0.1) is 23.0 Å². The summed E-state index contributed by atoms with van der Waals surface area (Å²) in [6.07, 6.45) is 0.547. The quantitative estimate of drug-likeness (QED) is 0.853. The number of rotatable bonds is 2. The van der Waals surface area contributed by atoms with Crippen LogP contribution >= 0.6 is 11.6 Å². The fourth-order valence-corrected chi connectivity index (χ4v) is 2.89. The number of hydrogen-bond donors (Lipinski definition) is 0. The Hall–Kier alpha value is -1.81. The van der Waals surface area contributed by atoms with Gasteiger partial charge in [-0.15, -0.1) is 0 Å². The zero-order valence-corrected chi connectivity index (χ0v) is 12.3. The number of benzene rings is 1. The van der Waals surface area contributed by atoms with E-state index in [2.05, 4.69) is 10.00 Å². The minimum Gasteiger partial charge on any atom is -0.365 e. The summed E-state index contributed by atoms with van der Waals surface area (Å²) < 4.78 is 1.82. The second-order valence-electron chi connectivity index (χ2n) is 5.08. The Morgan fingerprint density at radius 1 is 1.35 bits per heavy atom. The molecule has 104 valence electrons. The van der Waals surface area contributed by atoms with E-state index in [9.17, 15) is 4.79 Å². The van der Waals surface area contributed by atoms with Crippen LogP contribution in [0.1, 0.15) is 28.2 Å². The van der Waals surface area contributed by atoms with E-state index in [0.29, 0.717) is 18.0 Å². The number of hydrogen-bond acceptors (Lipinski definition) is 3. The van der Waals surface area contributed by atoms with Crippen molar-refractivity contribution in [3.05, 3.63) is 46.2 Å². The molecule has 0 fully saturated rings. The van der Waals surface area contributed by atoms with E-state index < -0.39 is 0 Å². The van der Waals surface area contributed by atoms with Crippen LogP contribution in [0, 0.1) is 6.92 Å². The number of ketones is 1. The highest BCUT2D eigenvalue weighted by Crippen LogP contribution is 2.30. The molecule has 0 saturated carbocycles. The van der Waals surface area contributed by atoms with E-state index in [1.165, 1.54) is 0 Å². The normalized spacial score (nSPS) is 14.6. The highest BCUT2D eigenvalue weighted by atomic mass is 35.5. The lowest BCUT2D eigenvalue weighted by atomic mass is 10.0. The molecule has 0 N–H and O–H groups in total. The number of halogens is 1. The summed E-state index contributed by atoms with van der Waals surface area (Å²) in [5.74, 6) is 0.212. The molecule has 2 aromatic rings. The minimum absolute atomic E-state index is 0.212. The van der Waals surface area contributed by atoms with Crippen LogP contribution in [-0.2, 0) is 13.6 Å². The third-order valence-corrected chi connectivity index (χ3v) is 4.25. The molecule has 0 atom stereocenters. The van der Waals surface area contributed by atoms with Gasteiger partial charge in [0.1, 0.15) is 0 Å². The molecule has 3 rings (SSSR count). The van der Waals surface area contributed by atoms with Crippen molar-refractivity contribution in [3.8, 4) is 0 Å². The number of carbonyl (C=O) groups is 1. The molecule has 0 unspecified atom stereocenters. The third-order valence-electron chi connectivity index (χ3n) is 3.76. The first-order valence-electron chi connectivity index (χ1n) is 6.63. The lowest BCUT2D eigenvalue weighted by molar-refractivity contribution is 0.0979. The molecule has 0 aliphatic carbocycles. The molecule has 0 amide bonds. The Kier molecular flexibility index (Phi) is 3.26. The summed E-state index contributed by atoms with van der Waals surface area (Å²) >= 11 is 6.31. The van der Waals surface area contributed by atoms with Gasteiger partial charge in [-0.3, -0.25) is 9.48 Å². The van der Waals surface area contributed by atoms with Gasteiger partial charge in [-0.2, -0.15) is 5.10 Å². The molecule has 0 bridgehead atoms. The number of anilines is 1. The fourth-order valence-electron chi connectivity index (χ4n) is 2.67. The summed E-state index contributed by atoms with van der Waals surface area (Å²) in [5.41, 5.74) is 3.60. The number of aryl methyl sites for hydroxylation is 2. The van der Waals surface area contributed by atoms with Gasteiger partial charge in [0.2, 0.25) is 0 Å². The van der Waals surface area contributed by atoms with E-state index in [1.54, 1.807) is 0 Å². The highest BCUT2D eigenvalue weighted by molar-refractivity contribution is 6.31. The van der Waals surface area contributed by atoms with Gasteiger partial charge < -0.3 is 4.90 Å². The number of fused-ring (bicyclic) bond motifs is 1. The molecule has 2 heterocycles. The molecule has 20 heavy (non-hydrogen) atoms. The standard InChI is InChI=1S/C15H16ClN3O/c1-10-15(16)13(18(2)17-10)9-19-8-7-14(20)11-5-3-4-6-12(11)19/h3-6H,7-9H2,1-2H3. The van der Waals surface area contributed by atoms with Gasteiger partial charge in [0, 0.05) is 31.3 Å². The van der Waals surface area contributed by atoms with Crippen molar-refractivity contribution < 1.29 is 4.79 Å². The van der Waals surface area contributed by atoms with Crippen molar-refractivity contribution >= 4 is 23.1 Å². The molecule has 1 aliphatic rings. The van der Waals surface area contributed by atoms with Crippen molar-refractivity contribution in [3.63, 3.8) is 0 Å². The van der Waals surface area contributed by atoms with Crippen LogP contribution in [0.5, 0.6) is 0 Å². The second kappa shape index (κ2) is 4.94. The first kappa shape index (κ1) is 13.2. The maximum absolute atomic E-state index is 12.0. The summed E-state index contributed by atoms with van der Waals surface area (Å²) in [5, 5.41) is 5.05. The lowest BCUT2D eigenvalue weighted by Gasteiger charge is -2.30. The summed E-state index contributed by atoms with van der Waals surface area (Å²) in [4.78, 5) is 14.1. The summed E-state index contributed by atoms with van der Waals surface area (Å²) in [6.45, 7) is 3.29. The van der Waals surface area contributed by atoms with Gasteiger partial charge >= 0.3 is 0 Å². The van der Waals surface area contributed by atoms with Crippen LogP contribution in [0.2, 0.25) is 5.02 Å². The molecule has 1 aliphatic heterocycles. The Morgan fingerprint density at radius 3 is 2.80 bits per heavy atom. The first-order chi connectivity index (χ1) is 9.58. The van der Waals surface area contributed by atoms with Crippen LogP contribution in [0.15, 0.2) is 24.3 Å². The highest BCUT2D eigenvalue weighted by Gasteiger charge is 2.24. The zero-order valence-electron chi connectivity index (χ0n) is 11.6. The minimum atomic E-state index is 0.212. The fraction of sp³-hybridized carbons (Fsp3) is 0.333. The van der Waals surface area contributed by atoms with Crippen molar-refractivity contribution in [1.29, 1.82) is 0 Å². The van der Waals surface area contributed by atoms with Crippen LogP contribution in [0.25, 0.3) is 0 Å². The van der Waals surface area contributed by atoms with Gasteiger partial charge in [-0.25, -0.2) is 0 Å². The van der Waals surface area contributed by atoms with Crippen LogP contribution < -0.4 is 4.90 Å². The Balaban J connectivity index is 1.96. The SMILES string of the molecule is Cc1nn(C)c(CN2CCC(=O)c3ccccc32)c1Cl. The smallest absolute Gasteiger partial charge is 0.166 e. The summed E-state index contributed by atoms with van der Waals surface area (Å²) in [7, 11) is 1.90. The topological polar surface area (TPSA) is 38.1 Å². The molecular weight excluding hydrogens is 274 g/mol. The van der Waals surface area contributed by atoms with E-state index in [-0.39, 0.29) is 5.78 Å². The molecule has 1 aromatic heterocycles. The van der Waals surface area contributed by atoms with E-state index in [1.807, 2.05) is 42.9 Å². The molecule has 0 saturated heterocycles. The van der Waals surface area contributed by atoms with Crippen molar-refractivity contribution in [1.82, 2.24) is 9.78 Å². The molecule has 0 spiro atoms. The second-order valence-corrected chi connectivity index (χ2v) is 5.46. The Morgan fingerprint density at radius 2 is 2.10 bits per heavy atom. The maximum atomic E-state index is 12.0. The van der Waals surface area contributed by atoms with E-state index >= 15 is 0 Å². The van der Waals surface area contributed by atoms with Gasteiger partial charge in [0.25, 0.3) is 0 Å². The van der Waals surface area contributed by atoms with Crippen molar-refractivity contribution in [2.75, 3.05) is 11.4 Å². The monoisotopic (exact) mass is 289 g/mol. The Labute approximate surface area is 123 Å². The first-order valence-corrected chi connectivity index (χ1v) is 7.01.